The Morgan fingerprint density at radius 1 is 0.750 bits per heavy atom. The number of aliphatic hydroxyl groups is 5. The number of ether oxygens (including phenoxy) is 2. The molecule has 14 heteroatoms. The topological polar surface area (TPSA) is 210 Å². The second-order valence-corrected chi connectivity index (χ2v) is 10.3. The molecule has 0 aromatic carbocycles. The third-order valence-electron chi connectivity index (χ3n) is 5.70. The maximum absolute atomic E-state index is 12.4. The van der Waals surface area contributed by atoms with Crippen molar-refractivity contribution in [2.45, 2.75) is 114 Å². The highest BCUT2D eigenvalue weighted by Crippen LogP contribution is 2.47. The molecular weight excluding hydrogens is 503 g/mol. The summed E-state index contributed by atoms with van der Waals surface area (Å²) in [6.45, 7) is 2.82. The van der Waals surface area contributed by atoms with Crippen LogP contribution in [0.4, 0.5) is 0 Å². The van der Waals surface area contributed by atoms with Crippen molar-refractivity contribution in [1.29, 1.82) is 0 Å². The van der Waals surface area contributed by atoms with Crippen molar-refractivity contribution >= 4 is 19.8 Å². The molecule has 1 saturated carbocycles. The zero-order valence-corrected chi connectivity index (χ0v) is 21.7. The van der Waals surface area contributed by atoms with Gasteiger partial charge in [-0.1, -0.05) is 46.0 Å². The molecule has 0 amide bonds. The van der Waals surface area contributed by atoms with Crippen LogP contribution in [0.25, 0.3) is 0 Å². The van der Waals surface area contributed by atoms with Crippen molar-refractivity contribution in [3.05, 3.63) is 0 Å². The summed E-state index contributed by atoms with van der Waals surface area (Å²) in [5, 5.41) is 49.1. The Kier molecular flexibility index (Phi) is 15.2. The zero-order valence-electron chi connectivity index (χ0n) is 20.8. The van der Waals surface area contributed by atoms with Gasteiger partial charge in [-0.25, -0.2) is 4.57 Å². The van der Waals surface area contributed by atoms with Gasteiger partial charge in [0.2, 0.25) is 0 Å². The fourth-order valence-corrected chi connectivity index (χ4v) is 4.49. The highest BCUT2D eigenvalue weighted by molar-refractivity contribution is 7.47. The summed E-state index contributed by atoms with van der Waals surface area (Å²) in [4.78, 5) is 34.2. The Labute approximate surface area is 210 Å². The fraction of sp³-hybridized carbons (Fsp3) is 0.909. The lowest BCUT2D eigenvalue weighted by molar-refractivity contribution is -0.220. The maximum atomic E-state index is 12.4. The summed E-state index contributed by atoms with van der Waals surface area (Å²) in [5.41, 5.74) is 0. The van der Waals surface area contributed by atoms with Crippen LogP contribution >= 0.6 is 7.82 Å². The van der Waals surface area contributed by atoms with Crippen molar-refractivity contribution in [3.63, 3.8) is 0 Å². The van der Waals surface area contributed by atoms with E-state index in [0.29, 0.717) is 12.8 Å². The number of rotatable bonds is 17. The molecule has 13 nitrogen and oxygen atoms in total. The van der Waals surface area contributed by atoms with Gasteiger partial charge >= 0.3 is 19.8 Å². The van der Waals surface area contributed by atoms with Gasteiger partial charge in [0.05, 0.1) is 6.61 Å². The van der Waals surface area contributed by atoms with Crippen LogP contribution in [0.3, 0.4) is 0 Å². The standard InChI is InChI=1S/C22H41O13P/c1-3-5-7-9-11-16(24)34-14(12-32-15(23)10-8-6-4-2)13-33-36(30,31)35-22-20(28)18(26)17(25)19(27)21(22)29/h14,17-22,25-29H,3-13H2,1-2H3,(H,30,31). The first-order valence-electron chi connectivity index (χ1n) is 12.3. The van der Waals surface area contributed by atoms with Crippen molar-refractivity contribution in [2.24, 2.45) is 0 Å². The van der Waals surface area contributed by atoms with Crippen molar-refractivity contribution in [3.8, 4) is 0 Å². The number of esters is 2. The van der Waals surface area contributed by atoms with E-state index in [1.165, 1.54) is 0 Å². The van der Waals surface area contributed by atoms with Crippen LogP contribution in [0.5, 0.6) is 0 Å². The molecule has 0 saturated heterocycles. The minimum Gasteiger partial charge on any atom is -0.462 e. The van der Waals surface area contributed by atoms with E-state index in [4.69, 9.17) is 18.5 Å². The minimum absolute atomic E-state index is 0.0901. The van der Waals surface area contributed by atoms with Crippen molar-refractivity contribution in [2.75, 3.05) is 13.2 Å². The predicted octanol–water partition coefficient (Wildman–Crippen LogP) is 0.312. The second-order valence-electron chi connectivity index (χ2n) is 8.85. The number of aliphatic hydroxyl groups excluding tert-OH is 5. The first kappa shape index (κ1) is 32.9. The first-order chi connectivity index (χ1) is 16.9. The van der Waals surface area contributed by atoms with E-state index in [0.717, 1.165) is 32.1 Å². The summed E-state index contributed by atoms with van der Waals surface area (Å²) in [6.07, 6.45) is -7.22. The third-order valence-corrected chi connectivity index (χ3v) is 6.68. The highest BCUT2D eigenvalue weighted by Gasteiger charge is 2.51. The van der Waals surface area contributed by atoms with E-state index in [2.05, 4.69) is 0 Å². The molecule has 0 bridgehead atoms. The second kappa shape index (κ2) is 16.6. The van der Waals surface area contributed by atoms with Gasteiger partial charge in [-0.15, -0.1) is 0 Å². The number of phosphoric acid groups is 1. The molecule has 0 aliphatic heterocycles. The van der Waals surface area contributed by atoms with E-state index in [9.17, 15) is 44.6 Å². The van der Waals surface area contributed by atoms with Crippen LogP contribution in [-0.4, -0.2) is 98.3 Å². The van der Waals surface area contributed by atoms with E-state index in [1.807, 2.05) is 13.8 Å². The Bertz CT molecular complexity index is 689. The number of carbonyl (C=O) groups is 2. The van der Waals surface area contributed by atoms with Gasteiger partial charge in [-0.3, -0.25) is 18.6 Å². The number of unbranched alkanes of at least 4 members (excludes halogenated alkanes) is 5. The molecule has 0 heterocycles. The highest BCUT2D eigenvalue weighted by atomic mass is 31.2. The van der Waals surface area contributed by atoms with Gasteiger partial charge in [0.25, 0.3) is 0 Å². The molecule has 1 fully saturated rings. The molecule has 6 N–H and O–H groups in total. The van der Waals surface area contributed by atoms with Crippen molar-refractivity contribution < 1.29 is 63.1 Å². The molecule has 0 spiro atoms. The molecule has 1 rings (SSSR count). The van der Waals surface area contributed by atoms with E-state index in [-0.39, 0.29) is 12.8 Å². The number of phosphoric ester groups is 1. The Hall–Kier alpha value is -1.15. The van der Waals surface area contributed by atoms with E-state index < -0.39 is 75.7 Å². The summed E-state index contributed by atoms with van der Waals surface area (Å²) >= 11 is 0. The molecule has 1 aliphatic carbocycles. The average molecular weight is 545 g/mol. The van der Waals surface area contributed by atoms with Gasteiger partial charge in [0.15, 0.2) is 6.10 Å². The summed E-state index contributed by atoms with van der Waals surface area (Å²) < 4.78 is 32.3. The minimum atomic E-state index is -5.06. The SMILES string of the molecule is CCCCCCC(=O)OC(COC(=O)CCCCC)COP(=O)(O)OC1C(O)C(O)C(O)C(O)C1O. The maximum Gasteiger partial charge on any atom is 0.472 e. The normalized spacial score (nSPS) is 28.8. The van der Waals surface area contributed by atoms with E-state index in [1.54, 1.807) is 0 Å². The Balaban J connectivity index is 2.74. The number of hydrogen-bond donors (Lipinski definition) is 6. The van der Waals surface area contributed by atoms with Gasteiger partial charge in [-0.05, 0) is 12.8 Å². The lowest BCUT2D eigenvalue weighted by atomic mass is 9.85. The number of hydrogen-bond acceptors (Lipinski definition) is 12. The molecule has 0 radical (unpaired) electrons. The fourth-order valence-electron chi connectivity index (χ4n) is 3.52. The van der Waals surface area contributed by atoms with E-state index >= 15 is 0 Å². The lowest BCUT2D eigenvalue weighted by Crippen LogP contribution is -2.64. The molecule has 1 aliphatic rings. The smallest absolute Gasteiger partial charge is 0.462 e. The molecular formula is C22H41O13P. The summed E-state index contributed by atoms with van der Waals surface area (Å²) in [7, 11) is -5.06. The molecule has 212 valence electrons. The predicted molar refractivity (Wildman–Crippen MR) is 124 cm³/mol. The van der Waals surface area contributed by atoms with Gasteiger partial charge < -0.3 is 39.9 Å². The average Bonchev–Trinajstić information content (AvgIpc) is 2.84. The molecule has 0 aromatic heterocycles. The number of carbonyl (C=O) groups excluding carboxylic acids is 2. The zero-order chi connectivity index (χ0) is 27.3. The molecule has 36 heavy (non-hydrogen) atoms. The van der Waals surface area contributed by atoms with Crippen LogP contribution < -0.4 is 0 Å². The third kappa shape index (κ3) is 11.5. The largest absolute Gasteiger partial charge is 0.472 e. The Morgan fingerprint density at radius 3 is 1.83 bits per heavy atom. The quantitative estimate of drug-likeness (QED) is 0.0828. The van der Waals surface area contributed by atoms with Gasteiger partial charge in [0.1, 0.15) is 43.2 Å². The first-order valence-corrected chi connectivity index (χ1v) is 13.8. The summed E-state index contributed by atoms with van der Waals surface area (Å²) in [5.74, 6) is -1.15. The molecule has 0 aromatic rings. The van der Waals surface area contributed by atoms with Crippen LogP contribution in [0, 0.1) is 0 Å². The van der Waals surface area contributed by atoms with Crippen LogP contribution in [-0.2, 0) is 32.7 Å². The summed E-state index contributed by atoms with van der Waals surface area (Å²) in [6, 6.07) is 0. The lowest BCUT2D eigenvalue weighted by Gasteiger charge is -2.41. The molecule has 6 unspecified atom stereocenters. The van der Waals surface area contributed by atoms with Crippen LogP contribution in [0.1, 0.15) is 71.6 Å². The Morgan fingerprint density at radius 2 is 1.25 bits per heavy atom. The van der Waals surface area contributed by atoms with Crippen LogP contribution in [0.15, 0.2) is 0 Å². The monoisotopic (exact) mass is 544 g/mol. The van der Waals surface area contributed by atoms with Crippen molar-refractivity contribution in [1.82, 2.24) is 0 Å². The van der Waals surface area contributed by atoms with Crippen LogP contribution in [0.2, 0.25) is 0 Å². The van der Waals surface area contributed by atoms with Gasteiger partial charge in [-0.2, -0.15) is 0 Å². The van der Waals surface area contributed by atoms with Gasteiger partial charge in [0, 0.05) is 12.8 Å². The molecule has 6 atom stereocenters.